The van der Waals surface area contributed by atoms with E-state index in [2.05, 4.69) is 17.0 Å². The molecule has 0 saturated carbocycles. The largest absolute Gasteiger partial charge is 0.497 e. The van der Waals surface area contributed by atoms with Crippen molar-refractivity contribution in [2.24, 2.45) is 0 Å². The molecular weight excluding hydrogens is 348 g/mol. The van der Waals surface area contributed by atoms with Crippen molar-refractivity contribution >= 4 is 16.5 Å². The van der Waals surface area contributed by atoms with E-state index in [0.717, 1.165) is 33.9 Å². The molecule has 3 N–H and O–H groups in total. The quantitative estimate of drug-likeness (QED) is 0.661. The first-order valence-electron chi connectivity index (χ1n) is 8.69. The van der Waals surface area contributed by atoms with Crippen LogP contribution in [0.1, 0.15) is 42.5 Å². The fraction of sp³-hybridized carbons (Fsp3) is 0.368. The Morgan fingerprint density at radius 1 is 1.27 bits per heavy atom. The lowest BCUT2D eigenvalue weighted by molar-refractivity contribution is 0.168. The van der Waals surface area contributed by atoms with Crippen LogP contribution in [0.15, 0.2) is 30.5 Å². The van der Waals surface area contributed by atoms with Crippen LogP contribution in [0.5, 0.6) is 5.75 Å². The molecule has 2 heterocycles. The minimum atomic E-state index is -0.630. The fourth-order valence-corrected chi connectivity index (χ4v) is 3.66. The number of aliphatic hydroxyl groups excluding tert-OH is 1. The number of rotatable bonds is 7. The molecule has 0 spiro atoms. The van der Waals surface area contributed by atoms with E-state index in [0.29, 0.717) is 23.8 Å². The summed E-state index contributed by atoms with van der Waals surface area (Å²) in [5.41, 5.74) is 9.36. The minimum absolute atomic E-state index is 0.539. The molecule has 2 aromatic heterocycles. The van der Waals surface area contributed by atoms with Crippen molar-refractivity contribution in [3.63, 3.8) is 0 Å². The summed E-state index contributed by atoms with van der Waals surface area (Å²) in [6, 6.07) is 7.87. The maximum atomic E-state index is 10.4. The third-order valence-electron chi connectivity index (χ3n) is 4.29. The molecule has 0 fully saturated rings. The monoisotopic (exact) mass is 372 g/mol. The molecule has 6 nitrogen and oxygen atoms in total. The molecule has 1 aromatic carbocycles. The Hall–Kier alpha value is -2.38. The standard InChI is InChI=1S/C19H24N4O2S/c1-4-15(24)17-14(18-16(5-2)26-19(20)21-18)11-23(22-17)10-12-6-8-13(25-3)9-7-12/h6-9,11,15,24H,4-5,10H2,1-3H3,(H2,20,21). The Labute approximate surface area is 157 Å². The minimum Gasteiger partial charge on any atom is -0.497 e. The van der Waals surface area contributed by atoms with Crippen molar-refractivity contribution in [1.29, 1.82) is 0 Å². The average molecular weight is 372 g/mol. The summed E-state index contributed by atoms with van der Waals surface area (Å²) < 4.78 is 7.05. The highest BCUT2D eigenvalue weighted by molar-refractivity contribution is 7.15. The number of aromatic nitrogens is 3. The smallest absolute Gasteiger partial charge is 0.180 e. The Balaban J connectivity index is 1.98. The van der Waals surface area contributed by atoms with E-state index in [1.807, 2.05) is 42.1 Å². The molecule has 3 aromatic rings. The van der Waals surface area contributed by atoms with Crippen molar-refractivity contribution in [1.82, 2.24) is 14.8 Å². The number of nitrogens with zero attached hydrogens (tertiary/aromatic N) is 3. The summed E-state index contributed by atoms with van der Waals surface area (Å²) in [4.78, 5) is 5.59. The lowest BCUT2D eigenvalue weighted by atomic mass is 10.1. The van der Waals surface area contributed by atoms with Crippen molar-refractivity contribution < 1.29 is 9.84 Å². The van der Waals surface area contributed by atoms with E-state index in [-0.39, 0.29) is 0 Å². The number of thiazole rings is 1. The van der Waals surface area contributed by atoms with Gasteiger partial charge in [-0.15, -0.1) is 11.3 Å². The summed E-state index contributed by atoms with van der Waals surface area (Å²) in [6.45, 7) is 4.62. The molecule has 0 aliphatic heterocycles. The number of aryl methyl sites for hydroxylation is 1. The van der Waals surface area contributed by atoms with Crippen molar-refractivity contribution in [2.45, 2.75) is 39.3 Å². The second-order valence-electron chi connectivity index (χ2n) is 6.08. The van der Waals surface area contributed by atoms with E-state index in [1.165, 1.54) is 11.3 Å². The van der Waals surface area contributed by atoms with E-state index in [9.17, 15) is 5.11 Å². The van der Waals surface area contributed by atoms with E-state index in [1.54, 1.807) is 7.11 Å². The lowest BCUT2D eigenvalue weighted by Gasteiger charge is -2.07. The predicted molar refractivity (Wildman–Crippen MR) is 104 cm³/mol. The van der Waals surface area contributed by atoms with Crippen molar-refractivity contribution in [2.75, 3.05) is 12.8 Å². The van der Waals surface area contributed by atoms with Gasteiger partial charge in [0, 0.05) is 16.6 Å². The first kappa shape index (κ1) is 18.4. The Kier molecular flexibility index (Phi) is 5.58. The number of anilines is 1. The van der Waals surface area contributed by atoms with Gasteiger partial charge in [-0.25, -0.2) is 4.98 Å². The first-order chi connectivity index (χ1) is 12.5. The summed E-state index contributed by atoms with van der Waals surface area (Å²) in [6.07, 6.45) is 2.75. The number of hydrogen-bond donors (Lipinski definition) is 2. The van der Waals surface area contributed by atoms with Gasteiger partial charge in [-0.05, 0) is 30.5 Å². The fourth-order valence-electron chi connectivity index (χ4n) is 2.88. The number of aliphatic hydroxyl groups is 1. The van der Waals surface area contributed by atoms with Gasteiger partial charge in [-0.3, -0.25) is 4.68 Å². The SMILES string of the molecule is CCc1sc(N)nc1-c1cn(Cc2ccc(OC)cc2)nc1C(O)CC. The van der Waals surface area contributed by atoms with Gasteiger partial charge in [0.2, 0.25) is 0 Å². The molecule has 26 heavy (non-hydrogen) atoms. The number of nitrogens with two attached hydrogens (primary N) is 1. The van der Waals surface area contributed by atoms with E-state index >= 15 is 0 Å². The van der Waals surface area contributed by atoms with Crippen LogP contribution in [-0.4, -0.2) is 27.0 Å². The van der Waals surface area contributed by atoms with E-state index < -0.39 is 6.10 Å². The molecule has 1 atom stereocenters. The van der Waals surface area contributed by atoms with Gasteiger partial charge in [0.15, 0.2) is 5.13 Å². The lowest BCUT2D eigenvalue weighted by Crippen LogP contribution is -2.03. The second kappa shape index (κ2) is 7.88. The highest BCUT2D eigenvalue weighted by atomic mass is 32.1. The number of nitrogen functional groups attached to an aromatic ring is 1. The summed E-state index contributed by atoms with van der Waals surface area (Å²) >= 11 is 1.49. The van der Waals surface area contributed by atoms with Gasteiger partial charge in [0.1, 0.15) is 11.4 Å². The Bertz CT molecular complexity index is 870. The van der Waals surface area contributed by atoms with Gasteiger partial charge >= 0.3 is 0 Å². The summed E-state index contributed by atoms with van der Waals surface area (Å²) in [7, 11) is 1.65. The second-order valence-corrected chi connectivity index (χ2v) is 7.19. The molecule has 0 aliphatic carbocycles. The number of methoxy groups -OCH3 is 1. The van der Waals surface area contributed by atoms with Crippen LogP contribution in [-0.2, 0) is 13.0 Å². The third kappa shape index (κ3) is 3.73. The zero-order valence-electron chi connectivity index (χ0n) is 15.3. The Morgan fingerprint density at radius 2 is 2.00 bits per heavy atom. The summed E-state index contributed by atoms with van der Waals surface area (Å²) in [5, 5.41) is 15.6. The first-order valence-corrected chi connectivity index (χ1v) is 9.51. The van der Waals surface area contributed by atoms with Crippen LogP contribution in [0.25, 0.3) is 11.3 Å². The molecule has 0 amide bonds. The maximum absolute atomic E-state index is 10.4. The van der Waals surface area contributed by atoms with Gasteiger partial charge in [0.25, 0.3) is 0 Å². The van der Waals surface area contributed by atoms with Crippen LogP contribution >= 0.6 is 11.3 Å². The molecule has 138 valence electrons. The molecule has 7 heteroatoms. The molecule has 3 rings (SSSR count). The zero-order valence-corrected chi connectivity index (χ0v) is 16.1. The average Bonchev–Trinajstić information content (AvgIpc) is 3.24. The van der Waals surface area contributed by atoms with Crippen LogP contribution in [0.3, 0.4) is 0 Å². The molecule has 0 bridgehead atoms. The number of ether oxygens (including phenoxy) is 1. The van der Waals surface area contributed by atoms with Gasteiger partial charge in [0.05, 0.1) is 25.5 Å². The molecular formula is C19H24N4O2S. The van der Waals surface area contributed by atoms with E-state index in [4.69, 9.17) is 10.5 Å². The van der Waals surface area contributed by atoms with Gasteiger partial charge in [-0.1, -0.05) is 26.0 Å². The Morgan fingerprint density at radius 3 is 2.62 bits per heavy atom. The molecule has 1 unspecified atom stereocenters. The molecule has 0 saturated heterocycles. The highest BCUT2D eigenvalue weighted by Crippen LogP contribution is 2.35. The topological polar surface area (TPSA) is 86.2 Å². The number of benzene rings is 1. The molecule has 0 aliphatic rings. The third-order valence-corrected chi connectivity index (χ3v) is 5.32. The van der Waals surface area contributed by atoms with Crippen LogP contribution in [0.4, 0.5) is 5.13 Å². The van der Waals surface area contributed by atoms with Crippen LogP contribution in [0.2, 0.25) is 0 Å². The van der Waals surface area contributed by atoms with Crippen LogP contribution in [0, 0.1) is 0 Å². The maximum Gasteiger partial charge on any atom is 0.180 e. The number of hydrogen-bond acceptors (Lipinski definition) is 6. The van der Waals surface area contributed by atoms with Crippen LogP contribution < -0.4 is 10.5 Å². The molecule has 0 radical (unpaired) electrons. The predicted octanol–water partition coefficient (Wildman–Crippen LogP) is 3.65. The van der Waals surface area contributed by atoms with Gasteiger partial charge < -0.3 is 15.6 Å². The van der Waals surface area contributed by atoms with Crippen molar-refractivity contribution in [3.8, 4) is 17.0 Å². The zero-order chi connectivity index (χ0) is 18.7. The van der Waals surface area contributed by atoms with Crippen molar-refractivity contribution in [3.05, 3.63) is 46.6 Å². The highest BCUT2D eigenvalue weighted by Gasteiger charge is 2.22. The normalized spacial score (nSPS) is 12.3. The summed E-state index contributed by atoms with van der Waals surface area (Å²) in [5.74, 6) is 0.822. The van der Waals surface area contributed by atoms with Gasteiger partial charge in [-0.2, -0.15) is 5.10 Å².